The van der Waals surface area contributed by atoms with Crippen LogP contribution in [-0.2, 0) is 14.3 Å². The molecule has 1 aromatic carbocycles. The van der Waals surface area contributed by atoms with Crippen molar-refractivity contribution in [3.8, 4) is 11.5 Å². The summed E-state index contributed by atoms with van der Waals surface area (Å²) >= 11 is 0. The van der Waals surface area contributed by atoms with Crippen molar-refractivity contribution in [3.63, 3.8) is 0 Å². The number of hydrogen-bond donors (Lipinski definition) is 2. The molecule has 0 fully saturated rings. The molecule has 0 saturated carbocycles. The van der Waals surface area contributed by atoms with Crippen LogP contribution < -0.4 is 9.47 Å². The van der Waals surface area contributed by atoms with E-state index in [9.17, 15) is 14.7 Å². The van der Waals surface area contributed by atoms with Crippen LogP contribution in [0.3, 0.4) is 0 Å². The quantitative estimate of drug-likeness (QED) is 0.216. The Kier molecular flexibility index (Phi) is 11.1. The van der Waals surface area contributed by atoms with E-state index in [1.54, 1.807) is 0 Å². The first-order chi connectivity index (χ1) is 13.0. The number of carbonyl (C=O) groups excluding carboxylic acids is 2. The third kappa shape index (κ3) is 8.38. The lowest BCUT2D eigenvalue weighted by Crippen LogP contribution is -2.35. The molecule has 0 aliphatic rings. The first-order valence-corrected chi connectivity index (χ1v) is 8.92. The standard InChI is InChI=1S/C19H28O8/c1-3-4-5-6-9-25-18(23)19(26-13-15(22)12-21)27-16-8-7-14(11-20)10-17(16)24-2/h7-8,10-11,15,19,21-22H,3-6,9,12-13H2,1-2H3. The van der Waals surface area contributed by atoms with Crippen molar-refractivity contribution in [1.82, 2.24) is 0 Å². The van der Waals surface area contributed by atoms with E-state index in [1.165, 1.54) is 25.3 Å². The molecule has 0 heterocycles. The summed E-state index contributed by atoms with van der Waals surface area (Å²) in [5, 5.41) is 18.4. The van der Waals surface area contributed by atoms with Crippen molar-refractivity contribution < 1.29 is 38.7 Å². The summed E-state index contributed by atoms with van der Waals surface area (Å²) in [6.07, 6.45) is 1.84. The van der Waals surface area contributed by atoms with Gasteiger partial charge in [0.2, 0.25) is 0 Å². The van der Waals surface area contributed by atoms with Crippen molar-refractivity contribution >= 4 is 12.3 Å². The summed E-state index contributed by atoms with van der Waals surface area (Å²) in [4.78, 5) is 23.2. The van der Waals surface area contributed by atoms with Gasteiger partial charge < -0.3 is 29.2 Å². The zero-order chi connectivity index (χ0) is 20.1. The lowest BCUT2D eigenvalue weighted by Gasteiger charge is -2.20. The maximum atomic E-state index is 12.3. The van der Waals surface area contributed by atoms with Gasteiger partial charge in [-0.15, -0.1) is 0 Å². The van der Waals surface area contributed by atoms with Crippen molar-refractivity contribution in [2.24, 2.45) is 0 Å². The maximum absolute atomic E-state index is 12.3. The van der Waals surface area contributed by atoms with Gasteiger partial charge in [0.25, 0.3) is 6.29 Å². The molecule has 0 saturated heterocycles. The van der Waals surface area contributed by atoms with Crippen molar-refractivity contribution in [3.05, 3.63) is 23.8 Å². The van der Waals surface area contributed by atoms with E-state index in [1.807, 2.05) is 0 Å². The Hall–Kier alpha value is -2.16. The fourth-order valence-electron chi connectivity index (χ4n) is 2.14. The number of hydrogen-bond acceptors (Lipinski definition) is 8. The Balaban J connectivity index is 2.78. The van der Waals surface area contributed by atoms with Crippen LogP contribution in [0.1, 0.15) is 43.0 Å². The van der Waals surface area contributed by atoms with Crippen LogP contribution in [-0.4, -0.2) is 61.8 Å². The zero-order valence-corrected chi connectivity index (χ0v) is 15.8. The Morgan fingerprint density at radius 1 is 1.22 bits per heavy atom. The Morgan fingerprint density at radius 2 is 2.00 bits per heavy atom. The molecule has 1 aromatic rings. The second kappa shape index (κ2) is 13.1. The molecule has 2 unspecified atom stereocenters. The van der Waals surface area contributed by atoms with Gasteiger partial charge in [-0.05, 0) is 24.6 Å². The zero-order valence-electron chi connectivity index (χ0n) is 15.8. The minimum absolute atomic E-state index is 0.175. The molecule has 0 radical (unpaired) electrons. The van der Waals surface area contributed by atoms with E-state index in [0.717, 1.165) is 25.7 Å². The second-order valence-electron chi connectivity index (χ2n) is 5.88. The molecule has 2 N–H and O–H groups in total. The molecule has 0 aliphatic carbocycles. The number of methoxy groups -OCH3 is 1. The number of aliphatic hydroxyl groups excluding tert-OH is 2. The number of aldehydes is 1. The third-order valence-corrected chi connectivity index (χ3v) is 3.64. The number of unbranched alkanes of at least 4 members (excludes halogenated alkanes) is 3. The van der Waals surface area contributed by atoms with Gasteiger partial charge in [0, 0.05) is 5.56 Å². The van der Waals surface area contributed by atoms with Crippen LogP contribution in [0.4, 0.5) is 0 Å². The third-order valence-electron chi connectivity index (χ3n) is 3.64. The topological polar surface area (TPSA) is 112 Å². The Morgan fingerprint density at radius 3 is 2.63 bits per heavy atom. The number of esters is 1. The van der Waals surface area contributed by atoms with Gasteiger partial charge in [0.15, 0.2) is 11.5 Å². The highest BCUT2D eigenvalue weighted by atomic mass is 16.7. The summed E-state index contributed by atoms with van der Waals surface area (Å²) in [7, 11) is 1.40. The molecule has 27 heavy (non-hydrogen) atoms. The van der Waals surface area contributed by atoms with Crippen molar-refractivity contribution in [1.29, 1.82) is 0 Å². The highest BCUT2D eigenvalue weighted by molar-refractivity contribution is 5.77. The van der Waals surface area contributed by atoms with Gasteiger partial charge in [-0.25, -0.2) is 4.79 Å². The van der Waals surface area contributed by atoms with Gasteiger partial charge in [-0.2, -0.15) is 0 Å². The molecule has 0 aromatic heterocycles. The van der Waals surface area contributed by atoms with Crippen molar-refractivity contribution in [2.75, 3.05) is 26.9 Å². The minimum Gasteiger partial charge on any atom is -0.493 e. The van der Waals surface area contributed by atoms with Gasteiger partial charge in [-0.3, -0.25) is 4.79 Å². The van der Waals surface area contributed by atoms with Crippen LogP contribution >= 0.6 is 0 Å². The lowest BCUT2D eigenvalue weighted by atomic mass is 10.2. The number of benzene rings is 1. The SMILES string of the molecule is CCCCCCOC(=O)C(OCC(O)CO)Oc1ccc(C=O)cc1OC. The van der Waals surface area contributed by atoms with Crippen LogP contribution in [0.5, 0.6) is 11.5 Å². The lowest BCUT2D eigenvalue weighted by molar-refractivity contribution is -0.182. The first kappa shape index (κ1) is 22.9. The molecule has 152 valence electrons. The number of rotatable bonds is 14. The van der Waals surface area contributed by atoms with E-state index in [2.05, 4.69) is 6.92 Å². The maximum Gasteiger partial charge on any atom is 0.376 e. The van der Waals surface area contributed by atoms with Crippen molar-refractivity contribution in [2.45, 2.75) is 45.0 Å². The molecule has 0 aliphatic heterocycles. The summed E-state index contributed by atoms with van der Waals surface area (Å²) in [6, 6.07) is 4.43. The fraction of sp³-hybridized carbons (Fsp3) is 0.579. The molecule has 8 nitrogen and oxygen atoms in total. The monoisotopic (exact) mass is 384 g/mol. The Bertz CT molecular complexity index is 575. The molecule has 0 bridgehead atoms. The van der Waals surface area contributed by atoms with Gasteiger partial charge in [0.05, 0.1) is 26.9 Å². The van der Waals surface area contributed by atoms with Crippen LogP contribution in [0, 0.1) is 0 Å². The molecule has 0 spiro atoms. The number of aliphatic hydroxyl groups is 2. The fourth-order valence-corrected chi connectivity index (χ4v) is 2.14. The molecular weight excluding hydrogens is 356 g/mol. The second-order valence-corrected chi connectivity index (χ2v) is 5.88. The van der Waals surface area contributed by atoms with E-state index in [4.69, 9.17) is 24.1 Å². The van der Waals surface area contributed by atoms with E-state index in [-0.39, 0.29) is 24.7 Å². The molecule has 1 rings (SSSR count). The van der Waals surface area contributed by atoms with Crippen LogP contribution in [0.25, 0.3) is 0 Å². The van der Waals surface area contributed by atoms with E-state index < -0.39 is 25.0 Å². The van der Waals surface area contributed by atoms with Crippen LogP contribution in [0.15, 0.2) is 18.2 Å². The summed E-state index contributed by atoms with van der Waals surface area (Å²) in [6.45, 7) is 1.47. The average Bonchev–Trinajstić information content (AvgIpc) is 2.70. The van der Waals surface area contributed by atoms with Gasteiger partial charge in [0.1, 0.15) is 12.4 Å². The molecule has 0 amide bonds. The number of carbonyl (C=O) groups is 2. The van der Waals surface area contributed by atoms with E-state index >= 15 is 0 Å². The van der Waals surface area contributed by atoms with Crippen LogP contribution in [0.2, 0.25) is 0 Å². The minimum atomic E-state index is -1.45. The normalized spacial score (nSPS) is 12.9. The summed E-state index contributed by atoms with van der Waals surface area (Å²) < 4.78 is 21.1. The summed E-state index contributed by atoms with van der Waals surface area (Å²) in [5.41, 5.74) is 0.380. The average molecular weight is 384 g/mol. The molecule has 2 atom stereocenters. The largest absolute Gasteiger partial charge is 0.493 e. The molecule has 8 heteroatoms. The highest BCUT2D eigenvalue weighted by Crippen LogP contribution is 2.29. The van der Waals surface area contributed by atoms with Gasteiger partial charge in [-0.1, -0.05) is 26.2 Å². The van der Waals surface area contributed by atoms with Gasteiger partial charge >= 0.3 is 5.97 Å². The Labute approximate surface area is 159 Å². The molecular formula is C19H28O8. The highest BCUT2D eigenvalue weighted by Gasteiger charge is 2.25. The predicted molar refractivity (Wildman–Crippen MR) is 96.9 cm³/mol. The number of ether oxygens (including phenoxy) is 4. The van der Waals surface area contributed by atoms with E-state index in [0.29, 0.717) is 11.8 Å². The first-order valence-electron chi connectivity index (χ1n) is 8.92. The summed E-state index contributed by atoms with van der Waals surface area (Å²) in [5.74, 6) is -0.334. The predicted octanol–water partition coefficient (Wildman–Crippen LogP) is 1.71. The smallest absolute Gasteiger partial charge is 0.376 e.